The van der Waals surface area contributed by atoms with Gasteiger partial charge >= 0.3 is 0 Å². The number of carbonyl (C=O) groups excluding carboxylic acids is 1. The highest BCUT2D eigenvalue weighted by Gasteiger charge is 2.58. The molecular formula is C17H30N2O2. The topological polar surface area (TPSA) is 64.7 Å². The first-order valence-corrected chi connectivity index (χ1v) is 8.64. The van der Waals surface area contributed by atoms with Gasteiger partial charge in [-0.15, -0.1) is 0 Å². The summed E-state index contributed by atoms with van der Waals surface area (Å²) in [6, 6.07) is 0. The summed E-state index contributed by atoms with van der Waals surface area (Å²) >= 11 is 0. The van der Waals surface area contributed by atoms with E-state index in [9.17, 15) is 4.79 Å². The average molecular weight is 294 g/mol. The van der Waals surface area contributed by atoms with Crippen LogP contribution in [0.1, 0.15) is 78.1 Å². The first kappa shape index (κ1) is 16.3. The van der Waals surface area contributed by atoms with E-state index < -0.39 is 0 Å². The molecule has 1 amide bonds. The van der Waals surface area contributed by atoms with Gasteiger partial charge in [0.2, 0.25) is 5.91 Å². The van der Waals surface area contributed by atoms with E-state index in [2.05, 4.69) is 12.1 Å². The SMILES string of the molecule is CCCCC(CC(CC)C(N)=O)=NOC12CCCCC1C2. The van der Waals surface area contributed by atoms with Crippen LogP contribution in [0.4, 0.5) is 0 Å². The maximum atomic E-state index is 11.4. The maximum absolute atomic E-state index is 11.4. The molecule has 0 aromatic heterocycles. The van der Waals surface area contributed by atoms with Crippen molar-refractivity contribution in [2.45, 2.75) is 83.7 Å². The quantitative estimate of drug-likeness (QED) is 0.519. The Morgan fingerprint density at radius 3 is 2.86 bits per heavy atom. The molecule has 0 saturated heterocycles. The van der Waals surface area contributed by atoms with Gasteiger partial charge in [0.25, 0.3) is 0 Å². The van der Waals surface area contributed by atoms with Crippen molar-refractivity contribution in [3.8, 4) is 0 Å². The smallest absolute Gasteiger partial charge is 0.220 e. The van der Waals surface area contributed by atoms with Gasteiger partial charge in [-0.3, -0.25) is 4.79 Å². The van der Waals surface area contributed by atoms with Gasteiger partial charge in [-0.05, 0) is 44.9 Å². The molecule has 2 saturated carbocycles. The van der Waals surface area contributed by atoms with E-state index in [1.54, 1.807) is 0 Å². The summed E-state index contributed by atoms with van der Waals surface area (Å²) in [5, 5.41) is 4.48. The van der Waals surface area contributed by atoms with Crippen LogP contribution in [0.2, 0.25) is 0 Å². The molecule has 0 aromatic rings. The average Bonchev–Trinajstić information content (AvgIpc) is 3.21. The van der Waals surface area contributed by atoms with Gasteiger partial charge in [-0.25, -0.2) is 0 Å². The second-order valence-corrected chi connectivity index (χ2v) is 6.78. The minimum atomic E-state index is -0.221. The lowest BCUT2D eigenvalue weighted by Gasteiger charge is -2.21. The standard InChI is InChI=1S/C17H30N2O2/c1-3-5-9-15(11-13(4-2)16(18)20)19-21-17-10-7-6-8-14(17)12-17/h13-14H,3-12H2,1-2H3,(H2,18,20). The molecule has 4 nitrogen and oxygen atoms in total. The lowest BCUT2D eigenvalue weighted by molar-refractivity contribution is -0.121. The van der Waals surface area contributed by atoms with Crippen LogP contribution in [0.25, 0.3) is 0 Å². The molecule has 120 valence electrons. The van der Waals surface area contributed by atoms with Crippen molar-refractivity contribution in [2.24, 2.45) is 22.7 Å². The number of amides is 1. The molecule has 2 aliphatic carbocycles. The van der Waals surface area contributed by atoms with Gasteiger partial charge in [-0.1, -0.05) is 31.8 Å². The molecule has 0 radical (unpaired) electrons. The zero-order valence-corrected chi connectivity index (χ0v) is 13.6. The molecule has 0 heterocycles. The molecule has 21 heavy (non-hydrogen) atoms. The zero-order valence-electron chi connectivity index (χ0n) is 13.6. The molecular weight excluding hydrogens is 264 g/mol. The molecule has 4 heteroatoms. The van der Waals surface area contributed by atoms with Crippen molar-refractivity contribution in [3.63, 3.8) is 0 Å². The number of carbonyl (C=O) groups is 1. The molecule has 3 unspecified atom stereocenters. The second-order valence-electron chi connectivity index (χ2n) is 6.78. The fraction of sp³-hybridized carbons (Fsp3) is 0.882. The highest BCUT2D eigenvalue weighted by atomic mass is 16.7. The lowest BCUT2D eigenvalue weighted by atomic mass is 9.96. The van der Waals surface area contributed by atoms with Crippen molar-refractivity contribution < 1.29 is 9.63 Å². The normalized spacial score (nSPS) is 29.6. The van der Waals surface area contributed by atoms with Crippen LogP contribution in [0.5, 0.6) is 0 Å². The van der Waals surface area contributed by atoms with Gasteiger partial charge in [0.05, 0.1) is 5.71 Å². The van der Waals surface area contributed by atoms with Gasteiger partial charge < -0.3 is 10.6 Å². The Kier molecular flexibility index (Phi) is 5.65. The number of hydrogen-bond donors (Lipinski definition) is 1. The number of rotatable bonds is 9. The summed E-state index contributed by atoms with van der Waals surface area (Å²) in [6.07, 6.45) is 10.8. The number of hydrogen-bond acceptors (Lipinski definition) is 3. The number of unbranched alkanes of at least 4 members (excludes halogenated alkanes) is 1. The molecule has 2 aliphatic rings. The minimum absolute atomic E-state index is 0.0458. The van der Waals surface area contributed by atoms with Crippen LogP contribution in [-0.2, 0) is 9.63 Å². The molecule has 2 fully saturated rings. The van der Waals surface area contributed by atoms with Gasteiger partial charge in [-0.2, -0.15) is 0 Å². The van der Waals surface area contributed by atoms with Crippen molar-refractivity contribution >= 4 is 11.6 Å². The summed E-state index contributed by atoms with van der Waals surface area (Å²) in [5.41, 5.74) is 6.53. The van der Waals surface area contributed by atoms with Crippen LogP contribution in [-0.4, -0.2) is 17.2 Å². The Morgan fingerprint density at radius 1 is 1.43 bits per heavy atom. The van der Waals surface area contributed by atoms with E-state index >= 15 is 0 Å². The number of nitrogens with zero attached hydrogens (tertiary/aromatic N) is 1. The largest absolute Gasteiger partial charge is 0.389 e. The van der Waals surface area contributed by atoms with Crippen LogP contribution >= 0.6 is 0 Å². The van der Waals surface area contributed by atoms with Crippen LogP contribution in [0.15, 0.2) is 5.16 Å². The minimum Gasteiger partial charge on any atom is -0.389 e. The summed E-state index contributed by atoms with van der Waals surface area (Å²) in [7, 11) is 0. The molecule has 0 aliphatic heterocycles. The van der Waals surface area contributed by atoms with Crippen molar-refractivity contribution in [1.29, 1.82) is 0 Å². The van der Waals surface area contributed by atoms with E-state index in [1.807, 2.05) is 6.92 Å². The number of primary amides is 1. The zero-order chi connectivity index (χ0) is 15.3. The van der Waals surface area contributed by atoms with Crippen molar-refractivity contribution in [1.82, 2.24) is 0 Å². The summed E-state index contributed by atoms with van der Waals surface area (Å²) in [5.74, 6) is 0.394. The van der Waals surface area contributed by atoms with E-state index in [-0.39, 0.29) is 17.4 Å². The van der Waals surface area contributed by atoms with E-state index in [4.69, 9.17) is 10.6 Å². The number of fused-ring (bicyclic) bond motifs is 1. The third-order valence-electron chi connectivity index (χ3n) is 5.13. The predicted octanol–water partition coefficient (Wildman–Crippen LogP) is 3.78. The summed E-state index contributed by atoms with van der Waals surface area (Å²) in [4.78, 5) is 17.4. The first-order valence-electron chi connectivity index (χ1n) is 8.64. The van der Waals surface area contributed by atoms with Crippen molar-refractivity contribution in [3.05, 3.63) is 0 Å². The Labute approximate surface area is 128 Å². The number of oxime groups is 1. The molecule has 0 aromatic carbocycles. The first-order chi connectivity index (χ1) is 10.1. The molecule has 0 bridgehead atoms. The van der Waals surface area contributed by atoms with E-state index in [0.717, 1.165) is 43.7 Å². The van der Waals surface area contributed by atoms with Gasteiger partial charge in [0, 0.05) is 18.3 Å². The molecule has 2 rings (SSSR count). The van der Waals surface area contributed by atoms with E-state index in [1.165, 1.54) is 25.7 Å². The fourth-order valence-corrected chi connectivity index (χ4v) is 3.45. The van der Waals surface area contributed by atoms with Crippen LogP contribution in [0.3, 0.4) is 0 Å². The number of nitrogens with two attached hydrogens (primary N) is 1. The Morgan fingerprint density at radius 2 is 2.24 bits per heavy atom. The molecule has 0 spiro atoms. The molecule has 3 atom stereocenters. The highest BCUT2D eigenvalue weighted by molar-refractivity contribution is 5.89. The maximum Gasteiger partial charge on any atom is 0.220 e. The predicted molar refractivity (Wildman–Crippen MR) is 84.9 cm³/mol. The van der Waals surface area contributed by atoms with E-state index in [0.29, 0.717) is 6.42 Å². The Bertz CT molecular complexity index is 394. The van der Waals surface area contributed by atoms with Crippen molar-refractivity contribution in [2.75, 3.05) is 0 Å². The fourth-order valence-electron chi connectivity index (χ4n) is 3.45. The van der Waals surface area contributed by atoms with Gasteiger partial charge in [0.15, 0.2) is 0 Å². The third-order valence-corrected chi connectivity index (χ3v) is 5.13. The lowest BCUT2D eigenvalue weighted by Crippen LogP contribution is -2.26. The molecule has 2 N–H and O–H groups in total. The Balaban J connectivity index is 1.94. The van der Waals surface area contributed by atoms with Crippen LogP contribution < -0.4 is 5.73 Å². The highest BCUT2D eigenvalue weighted by Crippen LogP contribution is 2.56. The third kappa shape index (κ3) is 4.21. The Hall–Kier alpha value is -1.06. The van der Waals surface area contributed by atoms with Gasteiger partial charge in [0.1, 0.15) is 5.60 Å². The second kappa shape index (κ2) is 7.28. The van der Waals surface area contributed by atoms with Crippen LogP contribution in [0, 0.1) is 11.8 Å². The summed E-state index contributed by atoms with van der Waals surface area (Å²) < 4.78 is 0. The summed E-state index contributed by atoms with van der Waals surface area (Å²) in [6.45, 7) is 4.17. The monoisotopic (exact) mass is 294 g/mol.